The van der Waals surface area contributed by atoms with Crippen LogP contribution in [0.15, 0.2) is 29.3 Å². The van der Waals surface area contributed by atoms with Gasteiger partial charge in [0.15, 0.2) is 9.84 Å². The monoisotopic (exact) mass is 337 g/mol. The predicted octanol–water partition coefficient (Wildman–Crippen LogP) is 2.16. The molecule has 0 saturated heterocycles. The minimum Gasteiger partial charge on any atom is -0.307 e. The maximum Gasteiger partial charge on any atom is 0.178 e. The van der Waals surface area contributed by atoms with Gasteiger partial charge in [0, 0.05) is 24.0 Å². The van der Waals surface area contributed by atoms with Gasteiger partial charge in [-0.15, -0.1) is 0 Å². The summed E-state index contributed by atoms with van der Waals surface area (Å²) in [6.07, 6.45) is 5.69. The molecule has 1 heterocycles. The second kappa shape index (κ2) is 6.05. The SMILES string of the molecule is C[C@@H](N[C@H]1CCc2[nH]ncc2C1)c1ccc(S(C)(=O)=O)c(F)c1. The van der Waals surface area contributed by atoms with E-state index >= 15 is 0 Å². The number of H-pyrrole nitrogens is 1. The highest BCUT2D eigenvalue weighted by Gasteiger charge is 2.22. The zero-order valence-electron chi connectivity index (χ0n) is 13.1. The maximum atomic E-state index is 14.0. The van der Waals surface area contributed by atoms with E-state index in [1.165, 1.54) is 23.4 Å². The van der Waals surface area contributed by atoms with E-state index in [0.29, 0.717) is 6.04 Å². The second-order valence-corrected chi connectivity index (χ2v) is 8.15. The number of fused-ring (bicyclic) bond motifs is 1. The van der Waals surface area contributed by atoms with Crippen LogP contribution in [0.25, 0.3) is 0 Å². The Morgan fingerprint density at radius 3 is 2.91 bits per heavy atom. The van der Waals surface area contributed by atoms with E-state index in [4.69, 9.17) is 0 Å². The van der Waals surface area contributed by atoms with Crippen LogP contribution in [0.3, 0.4) is 0 Å². The summed E-state index contributed by atoms with van der Waals surface area (Å²) in [5, 5.41) is 10.6. The predicted molar refractivity (Wildman–Crippen MR) is 85.5 cm³/mol. The molecule has 124 valence electrons. The first-order chi connectivity index (χ1) is 10.8. The molecule has 23 heavy (non-hydrogen) atoms. The molecule has 0 saturated carbocycles. The zero-order valence-corrected chi connectivity index (χ0v) is 14.0. The van der Waals surface area contributed by atoms with Gasteiger partial charge in [0.05, 0.1) is 6.20 Å². The highest BCUT2D eigenvalue weighted by molar-refractivity contribution is 7.90. The number of hydrogen-bond acceptors (Lipinski definition) is 4. The van der Waals surface area contributed by atoms with Crippen molar-refractivity contribution in [2.45, 2.75) is 43.2 Å². The number of nitrogens with one attached hydrogen (secondary N) is 2. The van der Waals surface area contributed by atoms with Crippen molar-refractivity contribution in [1.82, 2.24) is 15.5 Å². The first kappa shape index (κ1) is 16.1. The molecule has 0 bridgehead atoms. The molecule has 2 N–H and O–H groups in total. The van der Waals surface area contributed by atoms with Gasteiger partial charge >= 0.3 is 0 Å². The van der Waals surface area contributed by atoms with Crippen LogP contribution in [0, 0.1) is 5.82 Å². The van der Waals surface area contributed by atoms with Crippen molar-refractivity contribution in [3.8, 4) is 0 Å². The Kier molecular flexibility index (Phi) is 4.25. The van der Waals surface area contributed by atoms with Crippen LogP contribution in [0.4, 0.5) is 4.39 Å². The van der Waals surface area contributed by atoms with Gasteiger partial charge in [0.2, 0.25) is 0 Å². The summed E-state index contributed by atoms with van der Waals surface area (Å²) in [5.74, 6) is -0.695. The van der Waals surface area contributed by atoms with E-state index in [1.54, 1.807) is 6.07 Å². The van der Waals surface area contributed by atoms with Gasteiger partial charge in [-0.05, 0) is 49.4 Å². The number of aryl methyl sites for hydroxylation is 1. The Hall–Kier alpha value is -1.73. The number of rotatable bonds is 4. The van der Waals surface area contributed by atoms with Crippen LogP contribution in [0.1, 0.15) is 36.2 Å². The Morgan fingerprint density at radius 1 is 1.43 bits per heavy atom. The molecule has 1 aromatic heterocycles. The molecule has 2 aromatic rings. The lowest BCUT2D eigenvalue weighted by Gasteiger charge is -2.27. The fourth-order valence-corrected chi connectivity index (χ4v) is 3.82. The van der Waals surface area contributed by atoms with Gasteiger partial charge in [-0.25, -0.2) is 12.8 Å². The third-order valence-electron chi connectivity index (χ3n) is 4.36. The van der Waals surface area contributed by atoms with Crippen molar-refractivity contribution in [2.75, 3.05) is 6.26 Å². The van der Waals surface area contributed by atoms with Crippen LogP contribution in [-0.2, 0) is 22.7 Å². The number of sulfone groups is 1. The first-order valence-corrected chi connectivity index (χ1v) is 9.50. The molecular weight excluding hydrogens is 317 g/mol. The molecular formula is C16H20FN3O2S. The molecule has 0 aliphatic heterocycles. The Morgan fingerprint density at radius 2 is 2.22 bits per heavy atom. The van der Waals surface area contributed by atoms with E-state index in [1.807, 2.05) is 13.1 Å². The van der Waals surface area contributed by atoms with Crippen LogP contribution < -0.4 is 5.32 Å². The summed E-state index contributed by atoms with van der Waals surface area (Å²) < 4.78 is 37.0. The molecule has 1 aliphatic rings. The van der Waals surface area contributed by atoms with Crippen molar-refractivity contribution >= 4 is 9.84 Å². The van der Waals surface area contributed by atoms with E-state index in [0.717, 1.165) is 31.1 Å². The fraction of sp³-hybridized carbons (Fsp3) is 0.438. The molecule has 0 radical (unpaired) electrons. The molecule has 3 rings (SSSR count). The number of aromatic nitrogens is 2. The lowest BCUT2D eigenvalue weighted by atomic mass is 9.92. The van der Waals surface area contributed by atoms with Gasteiger partial charge in [-0.3, -0.25) is 5.10 Å². The zero-order chi connectivity index (χ0) is 16.6. The summed E-state index contributed by atoms with van der Waals surface area (Å²) in [6, 6.07) is 4.56. The summed E-state index contributed by atoms with van der Waals surface area (Å²) in [7, 11) is -3.54. The summed E-state index contributed by atoms with van der Waals surface area (Å²) in [5.41, 5.74) is 3.16. The summed E-state index contributed by atoms with van der Waals surface area (Å²) in [4.78, 5) is -0.255. The van der Waals surface area contributed by atoms with Crippen molar-refractivity contribution in [2.24, 2.45) is 0 Å². The van der Waals surface area contributed by atoms with Crippen LogP contribution in [0.2, 0.25) is 0 Å². The third-order valence-corrected chi connectivity index (χ3v) is 5.49. The maximum absolute atomic E-state index is 14.0. The molecule has 1 aromatic carbocycles. The van der Waals surface area contributed by atoms with Crippen molar-refractivity contribution in [3.05, 3.63) is 47.0 Å². The number of hydrogen-bond donors (Lipinski definition) is 2. The third kappa shape index (κ3) is 3.45. The van der Waals surface area contributed by atoms with Gasteiger partial charge in [-0.2, -0.15) is 5.10 Å². The standard InChI is InChI=1S/C16H20FN3O2S/c1-10(11-3-6-16(14(17)8-11)23(2,21)22)19-13-4-5-15-12(7-13)9-18-20-15/h3,6,8-10,13,19H,4-5,7H2,1-2H3,(H,18,20)/t10-,13+/m1/s1. The molecule has 0 amide bonds. The number of aromatic amines is 1. The number of benzene rings is 1. The average molecular weight is 337 g/mol. The lowest BCUT2D eigenvalue weighted by Crippen LogP contribution is -2.36. The molecule has 1 aliphatic carbocycles. The molecule has 0 unspecified atom stereocenters. The van der Waals surface area contributed by atoms with Crippen LogP contribution in [-0.4, -0.2) is 30.9 Å². The topological polar surface area (TPSA) is 74.8 Å². The summed E-state index contributed by atoms with van der Waals surface area (Å²) >= 11 is 0. The minimum absolute atomic E-state index is 0.0587. The van der Waals surface area contributed by atoms with Gasteiger partial charge in [-0.1, -0.05) is 6.07 Å². The van der Waals surface area contributed by atoms with Gasteiger partial charge < -0.3 is 5.32 Å². The van der Waals surface area contributed by atoms with Crippen molar-refractivity contribution in [3.63, 3.8) is 0 Å². The Balaban J connectivity index is 1.72. The molecule has 0 spiro atoms. The number of halogens is 1. The summed E-state index contributed by atoms with van der Waals surface area (Å²) in [6.45, 7) is 1.96. The quantitative estimate of drug-likeness (QED) is 0.896. The van der Waals surface area contributed by atoms with Gasteiger partial charge in [0.1, 0.15) is 10.7 Å². The Bertz CT molecular complexity index is 816. The second-order valence-electron chi connectivity index (χ2n) is 6.16. The normalized spacial score (nSPS) is 19.3. The fourth-order valence-electron chi connectivity index (χ4n) is 3.10. The molecule has 7 heteroatoms. The largest absolute Gasteiger partial charge is 0.307 e. The highest BCUT2D eigenvalue weighted by Crippen LogP contribution is 2.24. The molecule has 5 nitrogen and oxygen atoms in total. The van der Waals surface area contributed by atoms with E-state index < -0.39 is 15.7 Å². The van der Waals surface area contributed by atoms with Crippen molar-refractivity contribution < 1.29 is 12.8 Å². The van der Waals surface area contributed by atoms with Crippen LogP contribution >= 0.6 is 0 Å². The lowest BCUT2D eigenvalue weighted by molar-refractivity contribution is 0.411. The number of nitrogens with zero attached hydrogens (tertiary/aromatic N) is 1. The first-order valence-electron chi connectivity index (χ1n) is 7.61. The minimum atomic E-state index is -3.54. The van der Waals surface area contributed by atoms with Crippen LogP contribution in [0.5, 0.6) is 0 Å². The van der Waals surface area contributed by atoms with E-state index in [-0.39, 0.29) is 10.9 Å². The smallest absolute Gasteiger partial charge is 0.178 e. The van der Waals surface area contributed by atoms with E-state index in [2.05, 4.69) is 15.5 Å². The van der Waals surface area contributed by atoms with E-state index in [9.17, 15) is 12.8 Å². The molecule has 0 fully saturated rings. The Labute approximate surface area is 135 Å². The average Bonchev–Trinajstić information content (AvgIpc) is 2.93. The van der Waals surface area contributed by atoms with Gasteiger partial charge in [0.25, 0.3) is 0 Å². The molecule has 2 atom stereocenters. The highest BCUT2D eigenvalue weighted by atomic mass is 32.2. The van der Waals surface area contributed by atoms with Crippen molar-refractivity contribution in [1.29, 1.82) is 0 Å².